The van der Waals surface area contributed by atoms with Crippen molar-refractivity contribution in [3.63, 3.8) is 0 Å². The maximum absolute atomic E-state index is 11.7. The fourth-order valence-corrected chi connectivity index (χ4v) is 1.62. The van der Waals surface area contributed by atoms with Crippen molar-refractivity contribution in [2.75, 3.05) is 12.4 Å². The minimum atomic E-state index is -0.610. The molecular weight excluding hydrogens is 266 g/mol. The molecule has 0 radical (unpaired) electrons. The summed E-state index contributed by atoms with van der Waals surface area (Å²) in [5.41, 5.74) is 0.432. The summed E-state index contributed by atoms with van der Waals surface area (Å²) in [6.45, 7) is 0. The maximum atomic E-state index is 11.7. The molecule has 1 N–H and O–H groups in total. The van der Waals surface area contributed by atoms with Crippen LogP contribution in [0.4, 0.5) is 10.5 Å². The van der Waals surface area contributed by atoms with Crippen LogP contribution < -0.4 is 14.8 Å². The molecule has 19 heavy (non-hydrogen) atoms. The molecule has 0 bridgehead atoms. The predicted octanol–water partition coefficient (Wildman–Crippen LogP) is 3.96. The number of carbonyl (C=O) groups is 1. The summed E-state index contributed by atoms with van der Waals surface area (Å²) in [5, 5.41) is 2.97. The van der Waals surface area contributed by atoms with Crippen molar-refractivity contribution in [3.05, 3.63) is 53.6 Å². The molecular formula is C14H12ClNO3. The summed E-state index contributed by atoms with van der Waals surface area (Å²) in [5.74, 6) is 1.05. The molecule has 0 saturated carbocycles. The van der Waals surface area contributed by atoms with Gasteiger partial charge in [-0.05, 0) is 24.3 Å². The number of amides is 1. The van der Waals surface area contributed by atoms with E-state index in [1.54, 1.807) is 42.5 Å². The number of nitrogens with one attached hydrogen (secondary N) is 1. The molecule has 0 aliphatic carbocycles. The number of rotatable bonds is 3. The van der Waals surface area contributed by atoms with Crippen LogP contribution in [-0.2, 0) is 0 Å². The number of methoxy groups -OCH3 is 1. The summed E-state index contributed by atoms with van der Waals surface area (Å²) in [4.78, 5) is 11.7. The van der Waals surface area contributed by atoms with Crippen molar-refractivity contribution in [2.45, 2.75) is 0 Å². The van der Waals surface area contributed by atoms with Gasteiger partial charge >= 0.3 is 6.09 Å². The normalized spacial score (nSPS) is 9.79. The van der Waals surface area contributed by atoms with E-state index in [9.17, 15) is 4.79 Å². The van der Waals surface area contributed by atoms with E-state index in [1.807, 2.05) is 6.07 Å². The van der Waals surface area contributed by atoms with Gasteiger partial charge in [-0.15, -0.1) is 0 Å². The first kappa shape index (κ1) is 13.2. The number of para-hydroxylation sites is 1. The highest BCUT2D eigenvalue weighted by atomic mass is 35.5. The van der Waals surface area contributed by atoms with E-state index in [4.69, 9.17) is 21.1 Å². The minimum Gasteiger partial charge on any atom is -0.497 e. The number of halogens is 1. The fraction of sp³-hybridized carbons (Fsp3) is 0.0714. The lowest BCUT2D eigenvalue weighted by Crippen LogP contribution is -2.16. The lowest BCUT2D eigenvalue weighted by Gasteiger charge is -2.09. The number of anilines is 1. The first-order chi connectivity index (χ1) is 9.19. The first-order valence-corrected chi connectivity index (χ1v) is 5.94. The van der Waals surface area contributed by atoms with Gasteiger partial charge in [-0.1, -0.05) is 29.8 Å². The van der Waals surface area contributed by atoms with E-state index in [-0.39, 0.29) is 0 Å². The van der Waals surface area contributed by atoms with Crippen LogP contribution in [0.25, 0.3) is 0 Å². The molecule has 0 atom stereocenters. The van der Waals surface area contributed by atoms with Crippen molar-refractivity contribution >= 4 is 23.4 Å². The molecule has 2 aromatic carbocycles. The van der Waals surface area contributed by atoms with Gasteiger partial charge in [0.15, 0.2) is 0 Å². The first-order valence-electron chi connectivity index (χ1n) is 5.56. The molecule has 0 heterocycles. The zero-order valence-corrected chi connectivity index (χ0v) is 11.0. The van der Waals surface area contributed by atoms with Gasteiger partial charge in [0.2, 0.25) is 0 Å². The largest absolute Gasteiger partial charge is 0.497 e. The summed E-state index contributed by atoms with van der Waals surface area (Å²) in [7, 11) is 1.54. The minimum absolute atomic E-state index is 0.408. The number of hydrogen-bond acceptors (Lipinski definition) is 3. The summed E-state index contributed by atoms with van der Waals surface area (Å²) >= 11 is 5.97. The molecule has 5 heteroatoms. The quantitative estimate of drug-likeness (QED) is 0.924. The standard InChI is InChI=1S/C14H12ClNO3/c1-18-11-7-8-12(15)13(9-11)16-14(17)19-10-5-3-2-4-6-10/h2-9H,1H3,(H,16,17). The third-order valence-electron chi connectivity index (χ3n) is 2.36. The Morgan fingerprint density at radius 3 is 2.53 bits per heavy atom. The van der Waals surface area contributed by atoms with Gasteiger partial charge in [-0.25, -0.2) is 4.79 Å². The Morgan fingerprint density at radius 2 is 1.84 bits per heavy atom. The maximum Gasteiger partial charge on any atom is 0.417 e. The van der Waals surface area contributed by atoms with Crippen LogP contribution in [0, 0.1) is 0 Å². The van der Waals surface area contributed by atoms with Crippen molar-refractivity contribution in [1.82, 2.24) is 0 Å². The molecule has 0 aliphatic rings. The van der Waals surface area contributed by atoms with Crippen LogP contribution in [0.3, 0.4) is 0 Å². The molecule has 0 aromatic heterocycles. The highest BCUT2D eigenvalue weighted by molar-refractivity contribution is 6.33. The van der Waals surface area contributed by atoms with Gasteiger partial charge in [0, 0.05) is 6.07 Å². The Labute approximate surface area is 115 Å². The zero-order valence-electron chi connectivity index (χ0n) is 10.2. The van der Waals surface area contributed by atoms with E-state index >= 15 is 0 Å². The molecule has 98 valence electrons. The summed E-state index contributed by atoms with van der Waals surface area (Å²) in [6.07, 6.45) is -0.610. The highest BCUT2D eigenvalue weighted by Gasteiger charge is 2.08. The molecule has 0 saturated heterocycles. The monoisotopic (exact) mass is 277 g/mol. The van der Waals surface area contributed by atoms with Crippen molar-refractivity contribution in [2.24, 2.45) is 0 Å². The van der Waals surface area contributed by atoms with Crippen molar-refractivity contribution < 1.29 is 14.3 Å². The third-order valence-corrected chi connectivity index (χ3v) is 2.69. The molecule has 2 aromatic rings. The van der Waals surface area contributed by atoms with E-state index in [0.29, 0.717) is 22.2 Å². The van der Waals surface area contributed by atoms with Crippen LogP contribution in [0.15, 0.2) is 48.5 Å². The number of ether oxygens (including phenoxy) is 2. The van der Waals surface area contributed by atoms with E-state index in [2.05, 4.69) is 5.32 Å². The van der Waals surface area contributed by atoms with Crippen LogP contribution in [-0.4, -0.2) is 13.2 Å². The number of carbonyl (C=O) groups excluding carboxylic acids is 1. The molecule has 4 nitrogen and oxygen atoms in total. The predicted molar refractivity (Wildman–Crippen MR) is 74.1 cm³/mol. The van der Waals surface area contributed by atoms with Gasteiger partial charge in [0.05, 0.1) is 17.8 Å². The lowest BCUT2D eigenvalue weighted by molar-refractivity contribution is 0.215. The van der Waals surface area contributed by atoms with Gasteiger partial charge in [0.25, 0.3) is 0 Å². The van der Waals surface area contributed by atoms with Gasteiger partial charge in [-0.3, -0.25) is 5.32 Å². The van der Waals surface area contributed by atoms with Crippen LogP contribution in [0.2, 0.25) is 5.02 Å². The van der Waals surface area contributed by atoms with Gasteiger partial charge in [0.1, 0.15) is 11.5 Å². The van der Waals surface area contributed by atoms with Crippen LogP contribution >= 0.6 is 11.6 Å². The van der Waals surface area contributed by atoms with Crippen molar-refractivity contribution in [1.29, 1.82) is 0 Å². The second kappa shape index (κ2) is 6.11. The fourth-order valence-electron chi connectivity index (χ4n) is 1.46. The van der Waals surface area contributed by atoms with Crippen LogP contribution in [0.1, 0.15) is 0 Å². The summed E-state index contributed by atoms with van der Waals surface area (Å²) in [6, 6.07) is 13.7. The van der Waals surface area contributed by atoms with E-state index in [0.717, 1.165) is 0 Å². The molecule has 1 amide bonds. The Hall–Kier alpha value is -2.20. The Balaban J connectivity index is 2.06. The molecule has 2 rings (SSSR count). The lowest BCUT2D eigenvalue weighted by atomic mass is 10.3. The molecule has 0 aliphatic heterocycles. The van der Waals surface area contributed by atoms with Gasteiger partial charge < -0.3 is 9.47 Å². The number of benzene rings is 2. The average Bonchev–Trinajstić information content (AvgIpc) is 2.42. The Kier molecular flexibility index (Phi) is 4.26. The zero-order chi connectivity index (χ0) is 13.7. The third kappa shape index (κ3) is 3.63. The molecule has 0 unspecified atom stereocenters. The van der Waals surface area contributed by atoms with E-state index < -0.39 is 6.09 Å². The smallest absolute Gasteiger partial charge is 0.417 e. The SMILES string of the molecule is COc1ccc(Cl)c(NC(=O)Oc2ccccc2)c1. The second-order valence-electron chi connectivity index (χ2n) is 3.67. The van der Waals surface area contributed by atoms with Crippen LogP contribution in [0.5, 0.6) is 11.5 Å². The van der Waals surface area contributed by atoms with E-state index in [1.165, 1.54) is 7.11 Å². The topological polar surface area (TPSA) is 47.6 Å². The Morgan fingerprint density at radius 1 is 1.11 bits per heavy atom. The summed E-state index contributed by atoms with van der Waals surface area (Å²) < 4.78 is 10.2. The van der Waals surface area contributed by atoms with Gasteiger partial charge in [-0.2, -0.15) is 0 Å². The average molecular weight is 278 g/mol. The molecule has 0 spiro atoms. The Bertz CT molecular complexity index is 572. The molecule has 0 fully saturated rings. The highest BCUT2D eigenvalue weighted by Crippen LogP contribution is 2.26. The van der Waals surface area contributed by atoms with Crippen molar-refractivity contribution in [3.8, 4) is 11.5 Å². The number of hydrogen-bond donors (Lipinski definition) is 1. The second-order valence-corrected chi connectivity index (χ2v) is 4.08.